The number of aryl methyl sites for hydroxylation is 1. The lowest BCUT2D eigenvalue weighted by molar-refractivity contribution is -0.132. The van der Waals surface area contributed by atoms with E-state index in [2.05, 4.69) is 0 Å². The Balaban J connectivity index is 2.05. The molecule has 17 heavy (non-hydrogen) atoms. The van der Waals surface area contributed by atoms with Crippen molar-refractivity contribution < 1.29 is 19.1 Å². The van der Waals surface area contributed by atoms with Crippen LogP contribution in [0.15, 0.2) is 10.5 Å². The Morgan fingerprint density at radius 2 is 2.18 bits per heavy atom. The zero-order valence-electron chi connectivity index (χ0n) is 9.90. The molecule has 0 atom stereocenters. The summed E-state index contributed by atoms with van der Waals surface area (Å²) in [4.78, 5) is 24.1. The number of amides is 1. The maximum Gasteiger partial charge on any atom is 0.339 e. The average molecular weight is 237 g/mol. The summed E-state index contributed by atoms with van der Waals surface area (Å²) in [6.07, 6.45) is 1.92. The Labute approximate surface area is 99.0 Å². The van der Waals surface area contributed by atoms with Gasteiger partial charge in [-0.3, -0.25) is 4.79 Å². The summed E-state index contributed by atoms with van der Waals surface area (Å²) in [6, 6.07) is 1.48. The standard InChI is InChI=1S/C12H15NO4/c1-7-10(12(15)16)5-9(17-7)6-13(2)11(14)8-3-4-8/h5,8H,3-4,6H2,1-2H3,(H,15,16). The summed E-state index contributed by atoms with van der Waals surface area (Å²) in [5.74, 6) is 0.149. The van der Waals surface area contributed by atoms with E-state index in [0.717, 1.165) is 12.8 Å². The van der Waals surface area contributed by atoms with Gasteiger partial charge in [-0.1, -0.05) is 0 Å². The summed E-state index contributed by atoms with van der Waals surface area (Å²) in [5.41, 5.74) is 0.160. The van der Waals surface area contributed by atoms with Gasteiger partial charge in [0.25, 0.3) is 0 Å². The summed E-state index contributed by atoms with van der Waals surface area (Å²) in [6.45, 7) is 1.93. The van der Waals surface area contributed by atoms with E-state index in [1.807, 2.05) is 0 Å². The lowest BCUT2D eigenvalue weighted by Crippen LogP contribution is -2.27. The van der Waals surface area contributed by atoms with Crippen LogP contribution in [0.3, 0.4) is 0 Å². The second-order valence-electron chi connectivity index (χ2n) is 4.46. The van der Waals surface area contributed by atoms with E-state index in [9.17, 15) is 9.59 Å². The molecule has 0 bridgehead atoms. The lowest BCUT2D eigenvalue weighted by atomic mass is 10.2. The Kier molecular flexibility index (Phi) is 2.92. The van der Waals surface area contributed by atoms with Gasteiger partial charge < -0.3 is 14.4 Å². The van der Waals surface area contributed by atoms with Crippen LogP contribution in [0, 0.1) is 12.8 Å². The van der Waals surface area contributed by atoms with Crippen LogP contribution in [0.5, 0.6) is 0 Å². The van der Waals surface area contributed by atoms with Gasteiger partial charge in [0.1, 0.15) is 17.1 Å². The van der Waals surface area contributed by atoms with Crippen LogP contribution in [0.2, 0.25) is 0 Å². The van der Waals surface area contributed by atoms with Gasteiger partial charge in [0.15, 0.2) is 0 Å². The molecule has 0 radical (unpaired) electrons. The molecule has 1 aliphatic carbocycles. The van der Waals surface area contributed by atoms with Crippen LogP contribution in [0.4, 0.5) is 0 Å². The van der Waals surface area contributed by atoms with Gasteiger partial charge in [-0.25, -0.2) is 4.79 Å². The largest absolute Gasteiger partial charge is 0.478 e. The molecule has 1 amide bonds. The zero-order valence-corrected chi connectivity index (χ0v) is 9.90. The third-order valence-electron chi connectivity index (χ3n) is 2.90. The highest BCUT2D eigenvalue weighted by atomic mass is 16.4. The molecule has 0 saturated heterocycles. The van der Waals surface area contributed by atoms with E-state index >= 15 is 0 Å². The SMILES string of the molecule is Cc1oc(CN(C)C(=O)C2CC2)cc1C(=O)O. The molecule has 2 rings (SSSR count). The van der Waals surface area contributed by atoms with Crippen LogP contribution in [0.25, 0.3) is 0 Å². The number of hydrogen-bond donors (Lipinski definition) is 1. The predicted octanol–water partition coefficient (Wildman–Crippen LogP) is 1.65. The fourth-order valence-electron chi connectivity index (χ4n) is 1.79. The normalized spacial score (nSPS) is 14.7. The molecule has 1 N–H and O–H groups in total. The quantitative estimate of drug-likeness (QED) is 0.864. The van der Waals surface area contributed by atoms with Gasteiger partial charge in [-0.15, -0.1) is 0 Å². The fourth-order valence-corrected chi connectivity index (χ4v) is 1.79. The predicted molar refractivity (Wildman–Crippen MR) is 59.6 cm³/mol. The highest BCUT2D eigenvalue weighted by Gasteiger charge is 2.32. The van der Waals surface area contributed by atoms with Crippen LogP contribution >= 0.6 is 0 Å². The van der Waals surface area contributed by atoms with Crippen LogP contribution in [-0.2, 0) is 11.3 Å². The van der Waals surface area contributed by atoms with Crippen molar-refractivity contribution >= 4 is 11.9 Å². The van der Waals surface area contributed by atoms with Gasteiger partial charge >= 0.3 is 5.97 Å². The smallest absolute Gasteiger partial charge is 0.339 e. The molecule has 5 heteroatoms. The molecular weight excluding hydrogens is 222 g/mol. The minimum absolute atomic E-state index is 0.107. The highest BCUT2D eigenvalue weighted by molar-refractivity contribution is 5.88. The number of aromatic carboxylic acids is 1. The van der Waals surface area contributed by atoms with Gasteiger partial charge in [-0.05, 0) is 25.8 Å². The minimum Gasteiger partial charge on any atom is -0.478 e. The molecule has 1 aromatic rings. The second-order valence-corrected chi connectivity index (χ2v) is 4.46. The molecule has 92 valence electrons. The molecule has 1 heterocycles. The number of hydrogen-bond acceptors (Lipinski definition) is 3. The van der Waals surface area contributed by atoms with E-state index in [1.165, 1.54) is 6.07 Å². The third kappa shape index (κ3) is 2.49. The van der Waals surface area contributed by atoms with Crippen molar-refractivity contribution in [3.8, 4) is 0 Å². The Morgan fingerprint density at radius 3 is 2.65 bits per heavy atom. The first-order valence-corrected chi connectivity index (χ1v) is 5.56. The van der Waals surface area contributed by atoms with Crippen molar-refractivity contribution in [3.05, 3.63) is 23.2 Å². The lowest BCUT2D eigenvalue weighted by Gasteiger charge is -2.14. The number of rotatable bonds is 4. The maximum atomic E-state index is 11.7. The number of carboxylic acids is 1. The Morgan fingerprint density at radius 1 is 1.53 bits per heavy atom. The monoisotopic (exact) mass is 237 g/mol. The second kappa shape index (κ2) is 4.24. The molecule has 0 aliphatic heterocycles. The highest BCUT2D eigenvalue weighted by Crippen LogP contribution is 2.31. The average Bonchev–Trinajstić information content (AvgIpc) is 3.02. The van der Waals surface area contributed by atoms with Gasteiger partial charge in [-0.2, -0.15) is 0 Å². The number of carboxylic acid groups (broad SMARTS) is 1. The molecule has 1 fully saturated rings. The van der Waals surface area contributed by atoms with E-state index in [0.29, 0.717) is 18.1 Å². The summed E-state index contributed by atoms with van der Waals surface area (Å²) in [5, 5.41) is 8.88. The molecule has 0 spiro atoms. The topological polar surface area (TPSA) is 70.8 Å². The van der Waals surface area contributed by atoms with Crippen molar-refractivity contribution in [2.24, 2.45) is 5.92 Å². The third-order valence-corrected chi connectivity index (χ3v) is 2.90. The van der Waals surface area contributed by atoms with E-state index in [4.69, 9.17) is 9.52 Å². The van der Waals surface area contributed by atoms with Gasteiger partial charge in [0.05, 0.1) is 6.54 Å². The van der Waals surface area contributed by atoms with E-state index in [-0.39, 0.29) is 17.4 Å². The summed E-state index contributed by atoms with van der Waals surface area (Å²) in [7, 11) is 1.71. The van der Waals surface area contributed by atoms with E-state index < -0.39 is 5.97 Å². The van der Waals surface area contributed by atoms with Crippen LogP contribution < -0.4 is 0 Å². The van der Waals surface area contributed by atoms with Crippen LogP contribution in [0.1, 0.15) is 34.7 Å². The maximum absolute atomic E-state index is 11.7. The first kappa shape index (κ1) is 11.7. The number of carbonyl (C=O) groups is 2. The first-order chi connectivity index (χ1) is 7.99. The van der Waals surface area contributed by atoms with E-state index in [1.54, 1.807) is 18.9 Å². The minimum atomic E-state index is -1.01. The van der Waals surface area contributed by atoms with Crippen molar-refractivity contribution in [3.63, 3.8) is 0 Å². The first-order valence-electron chi connectivity index (χ1n) is 5.56. The molecular formula is C12H15NO4. The molecule has 5 nitrogen and oxygen atoms in total. The number of furan rings is 1. The van der Waals surface area contributed by atoms with Crippen LogP contribution in [-0.4, -0.2) is 28.9 Å². The Bertz CT molecular complexity index is 459. The summed E-state index contributed by atoms with van der Waals surface area (Å²) >= 11 is 0. The Hall–Kier alpha value is -1.78. The molecule has 1 saturated carbocycles. The van der Waals surface area contributed by atoms with Gasteiger partial charge in [0, 0.05) is 13.0 Å². The molecule has 0 unspecified atom stereocenters. The van der Waals surface area contributed by atoms with Crippen molar-refractivity contribution in [1.29, 1.82) is 0 Å². The molecule has 0 aromatic carbocycles. The van der Waals surface area contributed by atoms with Crippen molar-refractivity contribution in [2.75, 3.05) is 7.05 Å². The number of carbonyl (C=O) groups excluding carboxylic acids is 1. The molecule has 1 aliphatic rings. The zero-order chi connectivity index (χ0) is 12.6. The van der Waals surface area contributed by atoms with Gasteiger partial charge in [0.2, 0.25) is 5.91 Å². The van der Waals surface area contributed by atoms with Crippen molar-refractivity contribution in [1.82, 2.24) is 4.90 Å². The summed E-state index contributed by atoms with van der Waals surface area (Å²) < 4.78 is 5.32. The fraction of sp³-hybridized carbons (Fsp3) is 0.500. The molecule has 1 aromatic heterocycles. The van der Waals surface area contributed by atoms with Crippen molar-refractivity contribution in [2.45, 2.75) is 26.3 Å². The number of nitrogens with zero attached hydrogens (tertiary/aromatic N) is 1.